The minimum absolute atomic E-state index is 0.0129. The summed E-state index contributed by atoms with van der Waals surface area (Å²) in [6.45, 7) is 8.32. The van der Waals surface area contributed by atoms with Crippen LogP contribution in [0.25, 0.3) is 10.9 Å². The standard InChI is InChI=1S/C17H23ClN2O/c1-5-11(2)10-12(3)20-16(13(4)18)19-15-9-7-6-8-14(15)17(20)21/h6-9,11-13H,5,10H2,1-4H3. The summed E-state index contributed by atoms with van der Waals surface area (Å²) in [4.78, 5) is 17.5. The van der Waals surface area contributed by atoms with Gasteiger partial charge in [0.05, 0.1) is 16.3 Å². The van der Waals surface area contributed by atoms with E-state index < -0.39 is 0 Å². The Hall–Kier alpha value is -1.35. The van der Waals surface area contributed by atoms with Crippen LogP contribution in [0.3, 0.4) is 0 Å². The van der Waals surface area contributed by atoms with E-state index in [1.54, 1.807) is 4.57 Å². The molecule has 0 spiro atoms. The third-order valence-electron chi connectivity index (χ3n) is 4.07. The molecule has 0 aliphatic rings. The van der Waals surface area contributed by atoms with Gasteiger partial charge in [-0.05, 0) is 38.3 Å². The highest BCUT2D eigenvalue weighted by Crippen LogP contribution is 2.25. The first-order valence-corrected chi connectivity index (χ1v) is 8.04. The van der Waals surface area contributed by atoms with Crippen LogP contribution in [0.4, 0.5) is 0 Å². The highest BCUT2D eigenvalue weighted by atomic mass is 35.5. The van der Waals surface area contributed by atoms with Gasteiger partial charge in [-0.15, -0.1) is 11.6 Å². The summed E-state index contributed by atoms with van der Waals surface area (Å²) in [5, 5.41) is 0.372. The minimum atomic E-state index is -0.290. The average molecular weight is 307 g/mol. The molecule has 0 N–H and O–H groups in total. The fourth-order valence-electron chi connectivity index (χ4n) is 2.72. The molecule has 1 aromatic carbocycles. The fraction of sp³-hybridized carbons (Fsp3) is 0.529. The molecule has 3 unspecified atom stereocenters. The summed E-state index contributed by atoms with van der Waals surface area (Å²) in [6, 6.07) is 7.56. The summed E-state index contributed by atoms with van der Waals surface area (Å²) < 4.78 is 1.78. The first-order chi connectivity index (χ1) is 9.95. The smallest absolute Gasteiger partial charge is 0.261 e. The van der Waals surface area contributed by atoms with Gasteiger partial charge in [-0.25, -0.2) is 4.98 Å². The maximum Gasteiger partial charge on any atom is 0.261 e. The highest BCUT2D eigenvalue weighted by molar-refractivity contribution is 6.20. The molecule has 3 atom stereocenters. The van der Waals surface area contributed by atoms with Crippen LogP contribution in [-0.2, 0) is 0 Å². The average Bonchev–Trinajstić information content (AvgIpc) is 2.46. The van der Waals surface area contributed by atoms with Gasteiger partial charge in [-0.3, -0.25) is 9.36 Å². The molecule has 0 fully saturated rings. The Morgan fingerprint density at radius 2 is 1.90 bits per heavy atom. The molecule has 114 valence electrons. The van der Waals surface area contributed by atoms with E-state index >= 15 is 0 Å². The third kappa shape index (κ3) is 3.29. The van der Waals surface area contributed by atoms with Crippen LogP contribution in [0.5, 0.6) is 0 Å². The number of benzene rings is 1. The Kier molecular flexibility index (Phi) is 5.04. The van der Waals surface area contributed by atoms with Crippen LogP contribution < -0.4 is 5.56 Å². The molecule has 0 aliphatic heterocycles. The van der Waals surface area contributed by atoms with E-state index in [9.17, 15) is 4.79 Å². The van der Waals surface area contributed by atoms with Crippen molar-refractivity contribution in [3.05, 3.63) is 40.4 Å². The zero-order valence-corrected chi connectivity index (χ0v) is 13.9. The second-order valence-electron chi connectivity index (χ2n) is 5.88. The van der Waals surface area contributed by atoms with Gasteiger partial charge in [0, 0.05) is 6.04 Å². The van der Waals surface area contributed by atoms with Crippen molar-refractivity contribution >= 4 is 22.5 Å². The van der Waals surface area contributed by atoms with E-state index in [2.05, 4.69) is 25.8 Å². The summed E-state index contributed by atoms with van der Waals surface area (Å²) >= 11 is 6.27. The van der Waals surface area contributed by atoms with Crippen LogP contribution in [0, 0.1) is 5.92 Å². The van der Waals surface area contributed by atoms with Gasteiger partial charge in [0.25, 0.3) is 5.56 Å². The quantitative estimate of drug-likeness (QED) is 0.751. The number of hydrogen-bond donors (Lipinski definition) is 0. The normalized spacial score (nSPS) is 15.9. The van der Waals surface area contributed by atoms with Gasteiger partial charge < -0.3 is 0 Å². The molecule has 1 heterocycles. The number of nitrogens with zero attached hydrogens (tertiary/aromatic N) is 2. The lowest BCUT2D eigenvalue weighted by atomic mass is 10.00. The fourth-order valence-corrected chi connectivity index (χ4v) is 2.88. The van der Waals surface area contributed by atoms with Crippen molar-refractivity contribution in [1.29, 1.82) is 0 Å². The van der Waals surface area contributed by atoms with Crippen molar-refractivity contribution in [2.75, 3.05) is 0 Å². The third-order valence-corrected chi connectivity index (χ3v) is 4.27. The Labute approximate surface area is 131 Å². The first kappa shape index (κ1) is 16.0. The number of aromatic nitrogens is 2. The molecule has 0 amide bonds. The predicted octanol–water partition coefficient (Wildman–Crippen LogP) is 4.69. The molecule has 0 saturated heterocycles. The van der Waals surface area contributed by atoms with Gasteiger partial charge in [-0.2, -0.15) is 0 Å². The van der Waals surface area contributed by atoms with Crippen LogP contribution in [0.1, 0.15) is 57.8 Å². The van der Waals surface area contributed by atoms with Crippen molar-refractivity contribution < 1.29 is 0 Å². The van der Waals surface area contributed by atoms with Crippen LogP contribution >= 0.6 is 11.6 Å². The number of fused-ring (bicyclic) bond motifs is 1. The van der Waals surface area contributed by atoms with E-state index in [0.29, 0.717) is 17.1 Å². The van der Waals surface area contributed by atoms with E-state index in [1.165, 1.54) is 0 Å². The Morgan fingerprint density at radius 3 is 2.52 bits per heavy atom. The van der Waals surface area contributed by atoms with E-state index in [0.717, 1.165) is 18.4 Å². The van der Waals surface area contributed by atoms with Crippen LogP contribution in [0.2, 0.25) is 0 Å². The van der Waals surface area contributed by atoms with Gasteiger partial charge in [0.1, 0.15) is 5.82 Å². The Balaban J connectivity index is 2.62. The second kappa shape index (κ2) is 6.61. The molecule has 2 aromatic rings. The SMILES string of the molecule is CCC(C)CC(C)n1c(C(C)Cl)nc2ccccc2c1=O. The first-order valence-electron chi connectivity index (χ1n) is 7.60. The number of rotatable bonds is 5. The number of hydrogen-bond acceptors (Lipinski definition) is 2. The van der Waals surface area contributed by atoms with Gasteiger partial charge in [0.15, 0.2) is 0 Å². The number of para-hydroxylation sites is 1. The molecular weight excluding hydrogens is 284 g/mol. The molecule has 2 rings (SSSR count). The molecular formula is C17H23ClN2O. The van der Waals surface area contributed by atoms with Crippen molar-refractivity contribution in [2.24, 2.45) is 5.92 Å². The van der Waals surface area contributed by atoms with Gasteiger partial charge >= 0.3 is 0 Å². The monoisotopic (exact) mass is 306 g/mol. The molecule has 0 bridgehead atoms. The van der Waals surface area contributed by atoms with Crippen molar-refractivity contribution in [2.45, 2.75) is 52.0 Å². The molecule has 0 saturated carbocycles. The largest absolute Gasteiger partial charge is 0.292 e. The van der Waals surface area contributed by atoms with Crippen molar-refractivity contribution in [3.8, 4) is 0 Å². The molecule has 4 heteroatoms. The van der Waals surface area contributed by atoms with Gasteiger partial charge in [-0.1, -0.05) is 32.4 Å². The highest BCUT2D eigenvalue weighted by Gasteiger charge is 2.20. The zero-order chi connectivity index (χ0) is 15.6. The molecule has 0 radical (unpaired) electrons. The van der Waals surface area contributed by atoms with Crippen molar-refractivity contribution in [3.63, 3.8) is 0 Å². The number of alkyl halides is 1. The lowest BCUT2D eigenvalue weighted by Crippen LogP contribution is -2.29. The number of halogens is 1. The molecule has 3 nitrogen and oxygen atoms in total. The minimum Gasteiger partial charge on any atom is -0.292 e. The van der Waals surface area contributed by atoms with E-state index in [1.807, 2.05) is 31.2 Å². The Morgan fingerprint density at radius 1 is 1.24 bits per heavy atom. The lowest BCUT2D eigenvalue weighted by Gasteiger charge is -2.23. The summed E-state index contributed by atoms with van der Waals surface area (Å²) in [5.41, 5.74) is 0.732. The van der Waals surface area contributed by atoms with Crippen molar-refractivity contribution in [1.82, 2.24) is 9.55 Å². The van der Waals surface area contributed by atoms with Crippen LogP contribution in [0.15, 0.2) is 29.1 Å². The Bertz CT molecular complexity index is 678. The summed E-state index contributed by atoms with van der Waals surface area (Å²) in [6.07, 6.45) is 2.05. The predicted molar refractivity (Wildman–Crippen MR) is 89.1 cm³/mol. The lowest BCUT2D eigenvalue weighted by molar-refractivity contribution is 0.381. The van der Waals surface area contributed by atoms with E-state index in [-0.39, 0.29) is 17.0 Å². The summed E-state index contributed by atoms with van der Waals surface area (Å²) in [7, 11) is 0. The maximum absolute atomic E-state index is 12.8. The topological polar surface area (TPSA) is 34.9 Å². The van der Waals surface area contributed by atoms with Gasteiger partial charge in [0.2, 0.25) is 0 Å². The zero-order valence-electron chi connectivity index (χ0n) is 13.1. The second-order valence-corrected chi connectivity index (χ2v) is 6.53. The summed E-state index contributed by atoms with van der Waals surface area (Å²) in [5.74, 6) is 1.23. The van der Waals surface area contributed by atoms with Crippen LogP contribution in [-0.4, -0.2) is 9.55 Å². The molecule has 21 heavy (non-hydrogen) atoms. The maximum atomic E-state index is 12.8. The molecule has 1 aromatic heterocycles. The molecule has 0 aliphatic carbocycles. The van der Waals surface area contributed by atoms with E-state index in [4.69, 9.17) is 11.6 Å².